The quantitative estimate of drug-likeness (QED) is 0.835. The molecule has 1 atom stereocenters. The zero-order valence-electron chi connectivity index (χ0n) is 12.4. The molecule has 1 unspecified atom stereocenters. The largest absolute Gasteiger partial charge is 0.480 e. The molecule has 2 rings (SSSR count). The van der Waals surface area contributed by atoms with E-state index in [1.54, 1.807) is 19.1 Å². The van der Waals surface area contributed by atoms with Gasteiger partial charge in [-0.25, -0.2) is 9.78 Å². The van der Waals surface area contributed by atoms with Crippen LogP contribution in [0.5, 0.6) is 5.88 Å². The molecule has 0 saturated heterocycles. The van der Waals surface area contributed by atoms with E-state index in [0.717, 1.165) is 12.8 Å². The van der Waals surface area contributed by atoms with E-state index >= 15 is 0 Å². The summed E-state index contributed by atoms with van der Waals surface area (Å²) in [5.74, 6) is -1.19. The molecule has 1 aliphatic rings. The fourth-order valence-corrected chi connectivity index (χ4v) is 2.14. The molecule has 1 saturated carbocycles. The number of ether oxygens (including phenoxy) is 1. The molecule has 0 spiro atoms. The smallest absolute Gasteiger partial charge is 0.329 e. The van der Waals surface area contributed by atoms with E-state index in [1.165, 1.54) is 6.07 Å². The monoisotopic (exact) mass is 292 g/mol. The minimum Gasteiger partial charge on any atom is -0.480 e. The van der Waals surface area contributed by atoms with Gasteiger partial charge in [0.15, 0.2) is 0 Å². The van der Waals surface area contributed by atoms with Crippen molar-refractivity contribution in [3.8, 4) is 5.88 Å². The van der Waals surface area contributed by atoms with E-state index < -0.39 is 17.4 Å². The fraction of sp³-hybridized carbons (Fsp3) is 0.533. The Hall–Kier alpha value is -2.11. The summed E-state index contributed by atoms with van der Waals surface area (Å²) in [6, 6.07) is 4.86. The molecular formula is C15H20N2O4. The maximum absolute atomic E-state index is 12.2. The molecule has 6 heteroatoms. The third kappa shape index (κ3) is 3.51. The second-order valence-corrected chi connectivity index (χ2v) is 5.76. The average molecular weight is 292 g/mol. The number of carboxylic acid groups (broad SMARTS) is 1. The van der Waals surface area contributed by atoms with E-state index in [-0.39, 0.29) is 17.7 Å². The predicted molar refractivity (Wildman–Crippen MR) is 76.2 cm³/mol. The van der Waals surface area contributed by atoms with Gasteiger partial charge in [-0.1, -0.05) is 6.07 Å². The molecule has 1 aromatic heterocycles. The van der Waals surface area contributed by atoms with Crippen LogP contribution >= 0.6 is 0 Å². The normalized spacial score (nSPS) is 17.1. The topological polar surface area (TPSA) is 88.5 Å². The maximum atomic E-state index is 12.2. The molecule has 114 valence electrons. The summed E-state index contributed by atoms with van der Waals surface area (Å²) in [6.45, 7) is 5.27. The minimum atomic E-state index is -1.24. The van der Waals surface area contributed by atoms with Crippen LogP contribution in [0.2, 0.25) is 0 Å². The van der Waals surface area contributed by atoms with Crippen molar-refractivity contribution in [1.82, 2.24) is 10.3 Å². The van der Waals surface area contributed by atoms with Gasteiger partial charge in [0, 0.05) is 6.07 Å². The van der Waals surface area contributed by atoms with Crippen LogP contribution in [0, 0.1) is 5.92 Å². The number of amides is 1. The van der Waals surface area contributed by atoms with E-state index in [2.05, 4.69) is 10.3 Å². The fourth-order valence-electron chi connectivity index (χ4n) is 2.14. The first-order valence-electron chi connectivity index (χ1n) is 7.02. The Morgan fingerprint density at radius 3 is 2.62 bits per heavy atom. The first-order chi connectivity index (χ1) is 9.83. The molecule has 1 fully saturated rings. The molecule has 1 heterocycles. The van der Waals surface area contributed by atoms with Crippen molar-refractivity contribution in [3.63, 3.8) is 0 Å². The molecule has 1 amide bonds. The van der Waals surface area contributed by atoms with Gasteiger partial charge in [0.05, 0.1) is 6.10 Å². The number of nitrogens with one attached hydrogen (secondary N) is 1. The van der Waals surface area contributed by atoms with E-state index in [9.17, 15) is 14.7 Å². The van der Waals surface area contributed by atoms with Crippen LogP contribution in [0.4, 0.5) is 0 Å². The molecule has 1 aliphatic carbocycles. The first-order valence-corrected chi connectivity index (χ1v) is 7.02. The van der Waals surface area contributed by atoms with Gasteiger partial charge in [-0.15, -0.1) is 0 Å². The van der Waals surface area contributed by atoms with Gasteiger partial charge in [0.2, 0.25) is 5.88 Å². The van der Waals surface area contributed by atoms with Crippen LogP contribution in [-0.4, -0.2) is 33.6 Å². The zero-order chi connectivity index (χ0) is 15.6. The van der Waals surface area contributed by atoms with Gasteiger partial charge in [-0.2, -0.15) is 0 Å². The zero-order valence-corrected chi connectivity index (χ0v) is 12.4. The number of hydrogen-bond donors (Lipinski definition) is 2. The van der Waals surface area contributed by atoms with Crippen LogP contribution in [0.3, 0.4) is 0 Å². The number of hydrogen-bond acceptors (Lipinski definition) is 4. The summed E-state index contributed by atoms with van der Waals surface area (Å²) in [6.07, 6.45) is 1.58. The Morgan fingerprint density at radius 2 is 2.10 bits per heavy atom. The van der Waals surface area contributed by atoms with Gasteiger partial charge < -0.3 is 15.2 Å². The van der Waals surface area contributed by atoms with Crippen LogP contribution < -0.4 is 10.1 Å². The second-order valence-electron chi connectivity index (χ2n) is 5.76. The SMILES string of the molecule is CC(C)Oc1cccc(C(=O)NC(C)(C(=O)O)C2CC2)n1. The molecule has 0 aromatic carbocycles. The minimum absolute atomic E-state index is 0.0194. The highest BCUT2D eigenvalue weighted by molar-refractivity contribution is 5.96. The molecule has 1 aromatic rings. The van der Waals surface area contributed by atoms with E-state index in [4.69, 9.17) is 4.74 Å². The Labute approximate surface area is 123 Å². The summed E-state index contributed by atoms with van der Waals surface area (Å²) in [5.41, 5.74) is -1.09. The number of nitrogens with zero attached hydrogens (tertiary/aromatic N) is 1. The van der Waals surface area contributed by atoms with Crippen molar-refractivity contribution in [2.75, 3.05) is 0 Å². The number of pyridine rings is 1. The van der Waals surface area contributed by atoms with Crippen molar-refractivity contribution in [2.24, 2.45) is 5.92 Å². The highest BCUT2D eigenvalue weighted by Crippen LogP contribution is 2.39. The molecule has 21 heavy (non-hydrogen) atoms. The Balaban J connectivity index is 2.14. The van der Waals surface area contributed by atoms with Gasteiger partial charge in [0.1, 0.15) is 11.2 Å². The molecular weight excluding hydrogens is 272 g/mol. The molecule has 0 aliphatic heterocycles. The third-order valence-electron chi connectivity index (χ3n) is 3.52. The second kappa shape index (κ2) is 5.71. The highest BCUT2D eigenvalue weighted by atomic mass is 16.5. The van der Waals surface area contributed by atoms with Crippen LogP contribution in [-0.2, 0) is 4.79 Å². The number of aromatic nitrogens is 1. The van der Waals surface area contributed by atoms with Gasteiger partial charge in [0.25, 0.3) is 5.91 Å². The van der Waals surface area contributed by atoms with Crippen molar-refractivity contribution in [1.29, 1.82) is 0 Å². The van der Waals surface area contributed by atoms with Crippen molar-refractivity contribution < 1.29 is 19.4 Å². The van der Waals surface area contributed by atoms with E-state index in [0.29, 0.717) is 5.88 Å². The predicted octanol–water partition coefficient (Wildman–Crippen LogP) is 1.85. The summed E-state index contributed by atoms with van der Waals surface area (Å²) >= 11 is 0. The molecule has 6 nitrogen and oxygen atoms in total. The van der Waals surface area contributed by atoms with Gasteiger partial charge in [-0.05, 0) is 45.6 Å². The Kier molecular flexibility index (Phi) is 4.16. The number of rotatable bonds is 6. The summed E-state index contributed by atoms with van der Waals surface area (Å²) in [5, 5.41) is 11.9. The number of aliphatic carboxylic acids is 1. The Morgan fingerprint density at radius 1 is 1.43 bits per heavy atom. The standard InChI is InChI=1S/C15H20N2O4/c1-9(2)21-12-6-4-5-11(16-12)13(18)17-15(3,14(19)20)10-7-8-10/h4-6,9-10H,7-8H2,1-3H3,(H,17,18)(H,19,20). The lowest BCUT2D eigenvalue weighted by atomic mass is 9.96. The first kappa shape index (κ1) is 15.3. The summed E-state index contributed by atoms with van der Waals surface area (Å²) < 4.78 is 5.43. The molecule has 0 bridgehead atoms. The highest BCUT2D eigenvalue weighted by Gasteiger charge is 2.48. The average Bonchev–Trinajstić information content (AvgIpc) is 3.22. The van der Waals surface area contributed by atoms with Crippen molar-refractivity contribution in [3.05, 3.63) is 23.9 Å². The number of carbonyl (C=O) groups excluding carboxylic acids is 1. The third-order valence-corrected chi connectivity index (χ3v) is 3.52. The number of carbonyl (C=O) groups is 2. The van der Waals surface area contributed by atoms with Crippen molar-refractivity contribution in [2.45, 2.75) is 45.3 Å². The lowest BCUT2D eigenvalue weighted by molar-refractivity contribution is -0.144. The van der Waals surface area contributed by atoms with Crippen LogP contribution in [0.15, 0.2) is 18.2 Å². The Bertz CT molecular complexity index is 554. The van der Waals surface area contributed by atoms with Gasteiger partial charge >= 0.3 is 5.97 Å². The molecule has 2 N–H and O–H groups in total. The number of carboxylic acids is 1. The van der Waals surface area contributed by atoms with Crippen LogP contribution in [0.25, 0.3) is 0 Å². The van der Waals surface area contributed by atoms with E-state index in [1.807, 2.05) is 13.8 Å². The maximum Gasteiger partial charge on any atom is 0.329 e. The summed E-state index contributed by atoms with van der Waals surface area (Å²) in [7, 11) is 0. The lowest BCUT2D eigenvalue weighted by Gasteiger charge is -2.25. The molecule has 0 radical (unpaired) electrons. The van der Waals surface area contributed by atoms with Crippen molar-refractivity contribution >= 4 is 11.9 Å². The lowest BCUT2D eigenvalue weighted by Crippen LogP contribution is -2.54. The van der Waals surface area contributed by atoms with Gasteiger partial charge in [-0.3, -0.25) is 4.79 Å². The summed E-state index contributed by atoms with van der Waals surface area (Å²) in [4.78, 5) is 27.8. The van der Waals surface area contributed by atoms with Crippen LogP contribution in [0.1, 0.15) is 44.1 Å².